The van der Waals surface area contributed by atoms with Gasteiger partial charge in [0.05, 0.1) is 36.3 Å². The summed E-state index contributed by atoms with van der Waals surface area (Å²) in [5.74, 6) is -1.55. The molecule has 3 rings (SSSR count). The molecule has 5 atom stereocenters. The van der Waals surface area contributed by atoms with Gasteiger partial charge in [0, 0.05) is 12.3 Å². The number of carbonyl (C=O) groups excluding carboxylic acids is 2. The molecule has 3 heterocycles. The lowest BCUT2D eigenvalue weighted by molar-refractivity contribution is -0.124. The van der Waals surface area contributed by atoms with E-state index in [-0.39, 0.29) is 36.3 Å². The number of nitrogens with one attached hydrogen (secondary N) is 1. The fourth-order valence-corrected chi connectivity index (χ4v) is 4.60. The van der Waals surface area contributed by atoms with E-state index < -0.39 is 48.0 Å². The van der Waals surface area contributed by atoms with Crippen LogP contribution in [0.5, 0.6) is 0 Å². The Morgan fingerprint density at radius 3 is 2.78 bits per heavy atom. The molecule has 1 fully saturated rings. The zero-order valence-corrected chi connectivity index (χ0v) is 18.7. The number of nitrogens with two attached hydrogens (primary N) is 1. The maximum Gasteiger partial charge on any atom is 0.407 e. The van der Waals surface area contributed by atoms with Crippen molar-refractivity contribution in [3.63, 3.8) is 0 Å². The Bertz CT molecular complexity index is 1040. The third-order valence-corrected chi connectivity index (χ3v) is 6.19. The topological polar surface area (TPSA) is 179 Å². The number of carbonyl (C=O) groups is 2. The molecule has 32 heavy (non-hydrogen) atoms. The van der Waals surface area contributed by atoms with E-state index in [9.17, 15) is 24.6 Å². The molecule has 0 bridgehead atoms. The molecule has 0 aromatic carbocycles. The summed E-state index contributed by atoms with van der Waals surface area (Å²) in [7, 11) is 0. The summed E-state index contributed by atoms with van der Waals surface area (Å²) in [6.45, 7) is 4.82. The van der Waals surface area contributed by atoms with Crippen molar-refractivity contribution in [2.24, 2.45) is 11.8 Å². The van der Waals surface area contributed by atoms with E-state index in [1.807, 2.05) is 0 Å². The van der Waals surface area contributed by atoms with Gasteiger partial charge in [0.2, 0.25) is 5.95 Å². The molecule has 2 aromatic heterocycles. The number of fused-ring (bicyclic) bond motifs is 1. The molecular formula is C19H27N5O7S. The van der Waals surface area contributed by atoms with Crippen LogP contribution in [0.1, 0.15) is 33.4 Å². The van der Waals surface area contributed by atoms with Crippen LogP contribution < -0.4 is 15.9 Å². The number of alkyl carbamates (subject to hydrolysis) is 1. The van der Waals surface area contributed by atoms with Gasteiger partial charge in [0.15, 0.2) is 11.4 Å². The zero-order chi connectivity index (χ0) is 23.6. The quantitative estimate of drug-likeness (QED) is 0.412. The van der Waals surface area contributed by atoms with Crippen molar-refractivity contribution in [1.29, 1.82) is 0 Å². The molecule has 12 nitrogen and oxygen atoms in total. The number of aromatic nitrogens is 3. The summed E-state index contributed by atoms with van der Waals surface area (Å²) >= 11 is 0.875. The molecule has 0 aliphatic carbocycles. The highest BCUT2D eigenvalue weighted by atomic mass is 32.1. The molecule has 0 spiro atoms. The van der Waals surface area contributed by atoms with Gasteiger partial charge in [-0.25, -0.2) is 9.78 Å². The van der Waals surface area contributed by atoms with Crippen molar-refractivity contribution in [1.82, 2.24) is 19.9 Å². The van der Waals surface area contributed by atoms with Crippen molar-refractivity contribution < 1.29 is 29.3 Å². The van der Waals surface area contributed by atoms with Crippen LogP contribution in [0.4, 0.5) is 10.7 Å². The minimum atomic E-state index is -1.23. The number of rotatable bonds is 8. The number of amides is 1. The average molecular weight is 470 g/mol. The molecule has 5 N–H and O–H groups in total. The number of nitrogen functional groups attached to an aromatic ring is 1. The molecule has 2 aromatic rings. The van der Waals surface area contributed by atoms with Gasteiger partial charge in [-0.3, -0.25) is 14.2 Å². The largest absolute Gasteiger partial charge is 0.450 e. The number of hydrogen-bond donors (Lipinski definition) is 4. The highest BCUT2D eigenvalue weighted by Crippen LogP contribution is 2.38. The third-order valence-electron chi connectivity index (χ3n) is 5.31. The lowest BCUT2D eigenvalue weighted by Crippen LogP contribution is -2.46. The standard InChI is InChI=1S/C19H27N5O7S/c1-4-30-18(28)22-13(8(2)3)10(26)5-9-14(27)11(7-25)31-16(9)24-15-12(32-19(24)29)6-21-17(20)23-15/h6,8-9,11,13-14,16,25,27H,4-5,7H2,1-3H3,(H,22,28)(H2,20,21,23)/t9-,11-,13+,14-,16-/m1/s1. The number of thiazole rings is 1. The molecular weight excluding hydrogens is 442 g/mol. The molecule has 0 saturated carbocycles. The first-order chi connectivity index (χ1) is 15.2. The highest BCUT2D eigenvalue weighted by molar-refractivity contribution is 7.16. The Morgan fingerprint density at radius 2 is 2.16 bits per heavy atom. The molecule has 1 aliphatic heterocycles. The van der Waals surface area contributed by atoms with Gasteiger partial charge in [-0.15, -0.1) is 0 Å². The van der Waals surface area contributed by atoms with Gasteiger partial charge in [-0.1, -0.05) is 25.2 Å². The van der Waals surface area contributed by atoms with Crippen LogP contribution >= 0.6 is 11.3 Å². The van der Waals surface area contributed by atoms with Crippen LogP contribution in [-0.4, -0.2) is 68.1 Å². The molecule has 176 valence electrons. The Morgan fingerprint density at radius 1 is 1.44 bits per heavy atom. The van der Waals surface area contributed by atoms with E-state index in [2.05, 4.69) is 15.3 Å². The van der Waals surface area contributed by atoms with E-state index in [0.717, 1.165) is 11.3 Å². The number of anilines is 1. The second-order valence-electron chi connectivity index (χ2n) is 7.81. The normalized spacial score (nSPS) is 24.1. The van der Waals surface area contributed by atoms with Crippen LogP contribution in [-0.2, 0) is 14.3 Å². The van der Waals surface area contributed by atoms with Crippen LogP contribution in [0.15, 0.2) is 11.0 Å². The number of ketones is 1. The minimum absolute atomic E-state index is 0.0487. The van der Waals surface area contributed by atoms with Crippen molar-refractivity contribution in [2.45, 2.75) is 51.7 Å². The fourth-order valence-electron chi connectivity index (χ4n) is 3.78. The predicted octanol–water partition coefficient (Wildman–Crippen LogP) is 0.0319. The van der Waals surface area contributed by atoms with Crippen molar-refractivity contribution in [2.75, 3.05) is 18.9 Å². The van der Waals surface area contributed by atoms with Gasteiger partial charge < -0.3 is 30.7 Å². The third kappa shape index (κ3) is 4.75. The number of aliphatic hydroxyl groups excluding tert-OH is 2. The van der Waals surface area contributed by atoms with E-state index >= 15 is 0 Å². The summed E-state index contributed by atoms with van der Waals surface area (Å²) in [5.41, 5.74) is 5.89. The lowest BCUT2D eigenvalue weighted by atomic mass is 9.88. The molecule has 13 heteroatoms. The number of ether oxygens (including phenoxy) is 2. The van der Waals surface area contributed by atoms with Crippen LogP contribution in [0.25, 0.3) is 10.3 Å². The van der Waals surface area contributed by atoms with E-state index in [1.54, 1.807) is 20.8 Å². The predicted molar refractivity (Wildman–Crippen MR) is 115 cm³/mol. The van der Waals surface area contributed by atoms with Crippen molar-refractivity contribution >= 4 is 39.5 Å². The Hall–Kier alpha value is -2.61. The lowest BCUT2D eigenvalue weighted by Gasteiger charge is -2.25. The molecule has 0 radical (unpaired) electrons. The number of Topliss-reactive ketones (excluding diaryl/α,β-unsaturated/α-hetero) is 1. The van der Waals surface area contributed by atoms with Gasteiger partial charge in [0.25, 0.3) is 0 Å². The Labute approximate surface area is 187 Å². The first-order valence-corrected chi connectivity index (χ1v) is 11.0. The molecule has 1 saturated heterocycles. The van der Waals surface area contributed by atoms with Crippen molar-refractivity contribution in [3.8, 4) is 0 Å². The fraction of sp³-hybridized carbons (Fsp3) is 0.632. The second-order valence-corrected chi connectivity index (χ2v) is 8.81. The second kappa shape index (κ2) is 9.90. The summed E-state index contributed by atoms with van der Waals surface area (Å²) in [6.07, 6.45) is -2.84. The van der Waals surface area contributed by atoms with Gasteiger partial charge >= 0.3 is 11.0 Å². The van der Waals surface area contributed by atoms with Crippen LogP contribution in [0.2, 0.25) is 0 Å². The monoisotopic (exact) mass is 469 g/mol. The Balaban J connectivity index is 1.94. The summed E-state index contributed by atoms with van der Waals surface area (Å²) in [6, 6.07) is -0.871. The summed E-state index contributed by atoms with van der Waals surface area (Å²) in [5, 5.41) is 22.9. The molecule has 1 aliphatic rings. The first-order valence-electron chi connectivity index (χ1n) is 10.2. The summed E-state index contributed by atoms with van der Waals surface area (Å²) in [4.78, 5) is 45.3. The number of nitrogens with zero attached hydrogens (tertiary/aromatic N) is 3. The number of hydrogen-bond acceptors (Lipinski definition) is 11. The van der Waals surface area contributed by atoms with E-state index in [4.69, 9.17) is 15.2 Å². The molecule has 0 unspecified atom stereocenters. The van der Waals surface area contributed by atoms with Crippen LogP contribution in [0.3, 0.4) is 0 Å². The highest BCUT2D eigenvalue weighted by Gasteiger charge is 2.47. The first kappa shape index (κ1) is 24.0. The average Bonchev–Trinajstić information content (AvgIpc) is 3.21. The maximum absolute atomic E-state index is 13.1. The van der Waals surface area contributed by atoms with Gasteiger partial charge in [0.1, 0.15) is 12.3 Å². The maximum atomic E-state index is 13.1. The van der Waals surface area contributed by atoms with Crippen LogP contribution in [0, 0.1) is 11.8 Å². The van der Waals surface area contributed by atoms with E-state index in [0.29, 0.717) is 4.70 Å². The van der Waals surface area contributed by atoms with E-state index in [1.165, 1.54) is 10.8 Å². The number of aliphatic hydroxyl groups is 2. The molecule has 1 amide bonds. The van der Waals surface area contributed by atoms with Gasteiger partial charge in [-0.2, -0.15) is 4.98 Å². The minimum Gasteiger partial charge on any atom is -0.450 e. The zero-order valence-electron chi connectivity index (χ0n) is 17.9. The smallest absolute Gasteiger partial charge is 0.407 e. The van der Waals surface area contributed by atoms with Crippen molar-refractivity contribution in [3.05, 3.63) is 15.9 Å². The summed E-state index contributed by atoms with van der Waals surface area (Å²) < 4.78 is 12.3. The Kier molecular flexibility index (Phi) is 7.44. The SMILES string of the molecule is CCOC(=O)N[C@H](C(=O)C[C@@H]1[C@@H](O)[C@@H](CO)O[C@H]1n1c(=O)sc2cnc(N)nc21)C(C)C. The van der Waals surface area contributed by atoms with Gasteiger partial charge in [-0.05, 0) is 12.8 Å².